The van der Waals surface area contributed by atoms with Gasteiger partial charge in [-0.3, -0.25) is 4.79 Å². The highest BCUT2D eigenvalue weighted by molar-refractivity contribution is 5.80. The first-order chi connectivity index (χ1) is 23.8. The first-order valence-corrected chi connectivity index (χ1v) is 20.0. The second-order valence-electron chi connectivity index (χ2n) is 14.2. The summed E-state index contributed by atoms with van der Waals surface area (Å²) in [5.74, 6) is -0.602. The van der Waals surface area contributed by atoms with Crippen molar-refractivity contribution in [3.8, 4) is 0 Å². The Morgan fingerprint density at radius 2 is 1.14 bits per heavy atom. The number of amides is 1. The van der Waals surface area contributed by atoms with Crippen LogP contribution in [0.4, 0.5) is 0 Å². The van der Waals surface area contributed by atoms with Crippen LogP contribution >= 0.6 is 0 Å². The van der Waals surface area contributed by atoms with Crippen LogP contribution in [0.2, 0.25) is 0 Å². The number of carbonyl (C=O) groups is 1. The average molecular weight is 702 g/mol. The van der Waals surface area contributed by atoms with Crippen molar-refractivity contribution in [2.45, 2.75) is 217 Å². The highest BCUT2D eigenvalue weighted by Gasteiger charge is 2.44. The van der Waals surface area contributed by atoms with E-state index in [0.29, 0.717) is 19.3 Å². The predicted molar refractivity (Wildman–Crippen MR) is 195 cm³/mol. The fourth-order valence-electron chi connectivity index (χ4n) is 6.34. The molecule has 49 heavy (non-hydrogen) atoms. The van der Waals surface area contributed by atoms with Crippen molar-refractivity contribution in [1.29, 1.82) is 0 Å². The summed E-state index contributed by atoms with van der Waals surface area (Å²) in [5.41, 5.74) is 0. The minimum Gasteiger partial charge on any atom is -0.394 e. The third-order valence-corrected chi connectivity index (χ3v) is 9.73. The number of aliphatic hydroxyl groups excluding tert-OH is 6. The van der Waals surface area contributed by atoms with E-state index in [1.165, 1.54) is 89.9 Å². The number of hydrogen-bond acceptors (Lipinski definition) is 9. The van der Waals surface area contributed by atoms with Gasteiger partial charge in [-0.05, 0) is 38.5 Å². The molecule has 7 N–H and O–H groups in total. The molecule has 0 radical (unpaired) electrons. The standard InChI is InChI=1S/C39H75NO9/c1-3-5-7-9-11-13-15-17-19-21-23-25-27-32(42)31(30-48-39-37(46)36(45)35(44)34(29-41)49-39)40-38(47)33(43)28-26-24-22-20-18-16-14-12-10-8-6-4-2/h18,20,31-37,39,41-46H,3-17,19,21-30H2,1-2H3,(H,40,47)/b20-18-. The summed E-state index contributed by atoms with van der Waals surface area (Å²) in [6.07, 6.45) is 21.2. The first-order valence-electron chi connectivity index (χ1n) is 20.0. The molecule has 10 heteroatoms. The Morgan fingerprint density at radius 3 is 1.67 bits per heavy atom. The van der Waals surface area contributed by atoms with Gasteiger partial charge in [-0.25, -0.2) is 0 Å². The lowest BCUT2D eigenvalue weighted by Crippen LogP contribution is -2.60. The largest absolute Gasteiger partial charge is 0.394 e. The van der Waals surface area contributed by atoms with Gasteiger partial charge in [-0.2, -0.15) is 0 Å². The summed E-state index contributed by atoms with van der Waals surface area (Å²) in [6.45, 7) is 3.61. The Labute approximate surface area is 298 Å². The summed E-state index contributed by atoms with van der Waals surface area (Å²) < 4.78 is 11.1. The first kappa shape index (κ1) is 45.9. The molecule has 1 heterocycles. The van der Waals surface area contributed by atoms with E-state index in [0.717, 1.165) is 44.9 Å². The van der Waals surface area contributed by atoms with Gasteiger partial charge >= 0.3 is 0 Å². The van der Waals surface area contributed by atoms with Crippen LogP contribution in [0.25, 0.3) is 0 Å². The van der Waals surface area contributed by atoms with Crippen LogP contribution in [0.15, 0.2) is 12.2 Å². The topological polar surface area (TPSA) is 169 Å². The molecule has 0 aromatic rings. The SMILES string of the molecule is CCCCCCCC/C=C\CCCCC(O)C(=O)NC(COC1OC(CO)C(O)C(O)C1O)C(O)CCCCCCCCCCCCCC. The molecule has 0 saturated carbocycles. The Bertz CT molecular complexity index is 798. The zero-order valence-corrected chi connectivity index (χ0v) is 31.1. The summed E-state index contributed by atoms with van der Waals surface area (Å²) >= 11 is 0. The molecule has 0 aromatic carbocycles. The van der Waals surface area contributed by atoms with E-state index in [9.17, 15) is 35.4 Å². The Kier molecular flexibility index (Phi) is 28.6. The molecule has 1 aliphatic heterocycles. The number of rotatable bonds is 32. The lowest BCUT2D eigenvalue weighted by molar-refractivity contribution is -0.302. The van der Waals surface area contributed by atoms with E-state index in [-0.39, 0.29) is 6.61 Å². The molecule has 0 aromatic heterocycles. The van der Waals surface area contributed by atoms with Gasteiger partial charge in [0.1, 0.15) is 30.5 Å². The van der Waals surface area contributed by atoms with Gasteiger partial charge in [0.2, 0.25) is 5.91 Å². The molecular formula is C39H75NO9. The van der Waals surface area contributed by atoms with Gasteiger partial charge in [0.15, 0.2) is 6.29 Å². The van der Waals surface area contributed by atoms with E-state index in [1.807, 2.05) is 0 Å². The fraction of sp³-hybridized carbons (Fsp3) is 0.923. The van der Waals surface area contributed by atoms with Gasteiger partial charge < -0.3 is 45.4 Å². The molecule has 8 atom stereocenters. The number of aliphatic hydroxyl groups is 6. The highest BCUT2D eigenvalue weighted by atomic mass is 16.7. The van der Waals surface area contributed by atoms with E-state index in [4.69, 9.17) is 9.47 Å². The molecule has 1 aliphatic rings. The van der Waals surface area contributed by atoms with E-state index < -0.39 is 61.5 Å². The van der Waals surface area contributed by atoms with E-state index in [2.05, 4.69) is 31.3 Å². The van der Waals surface area contributed by atoms with Crippen LogP contribution in [0.1, 0.15) is 168 Å². The van der Waals surface area contributed by atoms with Crippen LogP contribution < -0.4 is 5.32 Å². The molecule has 10 nitrogen and oxygen atoms in total. The smallest absolute Gasteiger partial charge is 0.249 e. The molecule has 0 aliphatic carbocycles. The molecule has 0 spiro atoms. The Balaban J connectivity index is 2.50. The molecule has 8 unspecified atom stereocenters. The molecule has 1 fully saturated rings. The van der Waals surface area contributed by atoms with Crippen LogP contribution in [-0.2, 0) is 14.3 Å². The van der Waals surface area contributed by atoms with Crippen LogP contribution in [0.3, 0.4) is 0 Å². The maximum absolute atomic E-state index is 12.9. The molecule has 290 valence electrons. The normalized spacial score (nSPS) is 23.1. The van der Waals surface area contributed by atoms with Crippen molar-refractivity contribution in [2.24, 2.45) is 0 Å². The zero-order chi connectivity index (χ0) is 36.1. The number of hydrogen-bond donors (Lipinski definition) is 7. The number of nitrogens with one attached hydrogen (secondary N) is 1. The summed E-state index contributed by atoms with van der Waals surface area (Å²) in [6, 6.07) is -0.896. The van der Waals surface area contributed by atoms with Crippen molar-refractivity contribution in [2.75, 3.05) is 13.2 Å². The summed E-state index contributed by atoms with van der Waals surface area (Å²) in [4.78, 5) is 12.9. The lowest BCUT2D eigenvalue weighted by Gasteiger charge is -2.40. The van der Waals surface area contributed by atoms with Crippen molar-refractivity contribution in [3.63, 3.8) is 0 Å². The van der Waals surface area contributed by atoms with Gasteiger partial charge in [0.25, 0.3) is 0 Å². The fourth-order valence-corrected chi connectivity index (χ4v) is 6.34. The third-order valence-electron chi connectivity index (χ3n) is 9.73. The Morgan fingerprint density at radius 1 is 0.673 bits per heavy atom. The van der Waals surface area contributed by atoms with Crippen molar-refractivity contribution < 1.29 is 44.9 Å². The number of carbonyl (C=O) groups excluding carboxylic acids is 1. The summed E-state index contributed by atoms with van der Waals surface area (Å²) in [5, 5.41) is 64.4. The molecule has 1 saturated heterocycles. The van der Waals surface area contributed by atoms with E-state index in [1.54, 1.807) is 0 Å². The van der Waals surface area contributed by atoms with Crippen molar-refractivity contribution >= 4 is 5.91 Å². The maximum Gasteiger partial charge on any atom is 0.249 e. The van der Waals surface area contributed by atoms with Crippen LogP contribution in [0, 0.1) is 0 Å². The molecule has 0 bridgehead atoms. The van der Waals surface area contributed by atoms with Gasteiger partial charge in [0, 0.05) is 0 Å². The minimum absolute atomic E-state index is 0.260. The molecule has 1 rings (SSSR count). The van der Waals surface area contributed by atoms with Gasteiger partial charge in [-0.1, -0.05) is 142 Å². The summed E-state index contributed by atoms with van der Waals surface area (Å²) in [7, 11) is 0. The average Bonchev–Trinajstić information content (AvgIpc) is 3.10. The zero-order valence-electron chi connectivity index (χ0n) is 31.1. The molecular weight excluding hydrogens is 626 g/mol. The molecule has 1 amide bonds. The van der Waals surface area contributed by atoms with Crippen molar-refractivity contribution in [3.05, 3.63) is 12.2 Å². The predicted octanol–water partition coefficient (Wildman–Crippen LogP) is 5.97. The number of allylic oxidation sites excluding steroid dienone is 2. The quantitative estimate of drug-likeness (QED) is 0.0330. The van der Waals surface area contributed by atoms with Crippen LogP contribution in [-0.4, -0.2) is 98.7 Å². The number of unbranched alkanes of at least 4 members (excludes halogenated alkanes) is 19. The second-order valence-corrected chi connectivity index (χ2v) is 14.2. The van der Waals surface area contributed by atoms with Crippen molar-refractivity contribution in [1.82, 2.24) is 5.32 Å². The Hall–Kier alpha value is -1.11. The third kappa shape index (κ3) is 21.8. The maximum atomic E-state index is 12.9. The second kappa shape index (κ2) is 30.5. The highest BCUT2D eigenvalue weighted by Crippen LogP contribution is 2.23. The minimum atomic E-state index is -1.60. The van der Waals surface area contributed by atoms with Gasteiger partial charge in [0.05, 0.1) is 25.4 Å². The van der Waals surface area contributed by atoms with E-state index >= 15 is 0 Å². The van der Waals surface area contributed by atoms with Crippen LogP contribution in [0.5, 0.6) is 0 Å². The lowest BCUT2D eigenvalue weighted by atomic mass is 9.99. The number of ether oxygens (including phenoxy) is 2. The van der Waals surface area contributed by atoms with Gasteiger partial charge in [-0.15, -0.1) is 0 Å². The monoisotopic (exact) mass is 702 g/mol.